The van der Waals surface area contributed by atoms with E-state index in [0.29, 0.717) is 0 Å². The Morgan fingerprint density at radius 1 is 1.31 bits per heavy atom. The van der Waals surface area contributed by atoms with Crippen molar-refractivity contribution in [2.24, 2.45) is 0 Å². The fraction of sp³-hybridized carbons (Fsp3) is 0.467. The Labute approximate surface area is 98.1 Å². The Morgan fingerprint density at radius 3 is 2.94 bits per heavy atom. The molecule has 0 aliphatic heterocycles. The quantitative estimate of drug-likeness (QED) is 0.732. The van der Waals surface area contributed by atoms with Gasteiger partial charge in [0.25, 0.3) is 0 Å². The predicted molar refractivity (Wildman–Crippen MR) is 68.8 cm³/mol. The second-order valence-electron chi connectivity index (χ2n) is 4.39. The molecule has 86 valence electrons. The van der Waals surface area contributed by atoms with Crippen LogP contribution >= 0.6 is 0 Å². The number of unbranched alkanes of at least 4 members (excludes halogenated alkanes) is 1. The maximum absolute atomic E-state index is 5.31. The van der Waals surface area contributed by atoms with Crippen LogP contribution in [-0.4, -0.2) is 7.11 Å². The van der Waals surface area contributed by atoms with Gasteiger partial charge in [0.15, 0.2) is 0 Å². The molecule has 1 nitrogen and oxygen atoms in total. The minimum absolute atomic E-state index is 0.975. The first kappa shape index (κ1) is 11.3. The van der Waals surface area contributed by atoms with Gasteiger partial charge < -0.3 is 4.74 Å². The standard InChI is InChI=1S/C15H20O/c1-3-4-6-12-7-5-8-13-9-10-14(16-2)11-15(12)13/h7,9-11H,3-6,8H2,1-2H3. The number of hydrogen-bond acceptors (Lipinski definition) is 1. The third-order valence-electron chi connectivity index (χ3n) is 3.27. The molecule has 0 amide bonds. The van der Waals surface area contributed by atoms with Crippen LogP contribution in [0.1, 0.15) is 43.7 Å². The van der Waals surface area contributed by atoms with Gasteiger partial charge in [-0.05, 0) is 54.5 Å². The molecule has 0 saturated heterocycles. The largest absolute Gasteiger partial charge is 0.497 e. The third kappa shape index (κ3) is 2.29. The molecule has 2 rings (SSSR count). The number of fused-ring (bicyclic) bond motifs is 1. The van der Waals surface area contributed by atoms with Crippen molar-refractivity contribution < 1.29 is 4.74 Å². The number of hydrogen-bond donors (Lipinski definition) is 0. The van der Waals surface area contributed by atoms with Crippen LogP contribution in [0.4, 0.5) is 0 Å². The van der Waals surface area contributed by atoms with E-state index < -0.39 is 0 Å². The molecule has 1 aromatic rings. The molecular weight excluding hydrogens is 196 g/mol. The topological polar surface area (TPSA) is 9.23 Å². The lowest BCUT2D eigenvalue weighted by Gasteiger charge is -2.18. The molecule has 1 aromatic carbocycles. The number of ether oxygens (including phenoxy) is 1. The van der Waals surface area contributed by atoms with Gasteiger partial charge in [-0.1, -0.05) is 25.5 Å². The van der Waals surface area contributed by atoms with Gasteiger partial charge in [-0.25, -0.2) is 0 Å². The highest BCUT2D eigenvalue weighted by Gasteiger charge is 2.12. The highest BCUT2D eigenvalue weighted by Crippen LogP contribution is 2.32. The minimum Gasteiger partial charge on any atom is -0.497 e. The predicted octanol–water partition coefficient (Wildman–Crippen LogP) is 4.22. The summed E-state index contributed by atoms with van der Waals surface area (Å²) in [6.45, 7) is 2.25. The summed E-state index contributed by atoms with van der Waals surface area (Å²) in [5, 5.41) is 0. The minimum atomic E-state index is 0.975. The molecule has 0 bridgehead atoms. The van der Waals surface area contributed by atoms with Gasteiger partial charge in [0.2, 0.25) is 0 Å². The highest BCUT2D eigenvalue weighted by atomic mass is 16.5. The SMILES string of the molecule is CCCCC1=CCCc2ccc(OC)cc21. The first-order valence-electron chi connectivity index (χ1n) is 6.21. The summed E-state index contributed by atoms with van der Waals surface area (Å²) in [5.74, 6) is 0.975. The average Bonchev–Trinajstić information content (AvgIpc) is 2.35. The van der Waals surface area contributed by atoms with Crippen LogP contribution in [0.3, 0.4) is 0 Å². The van der Waals surface area contributed by atoms with E-state index >= 15 is 0 Å². The molecule has 16 heavy (non-hydrogen) atoms. The fourth-order valence-electron chi connectivity index (χ4n) is 2.32. The second-order valence-corrected chi connectivity index (χ2v) is 4.39. The normalized spacial score (nSPS) is 14.2. The van der Waals surface area contributed by atoms with Crippen molar-refractivity contribution in [3.05, 3.63) is 35.4 Å². The Hall–Kier alpha value is -1.24. The number of methoxy groups -OCH3 is 1. The van der Waals surface area contributed by atoms with Crippen molar-refractivity contribution in [1.82, 2.24) is 0 Å². The molecule has 0 aromatic heterocycles. The Balaban J connectivity index is 2.27. The van der Waals surface area contributed by atoms with E-state index in [1.807, 2.05) is 0 Å². The molecule has 1 aliphatic rings. The first-order valence-corrected chi connectivity index (χ1v) is 6.21. The monoisotopic (exact) mass is 216 g/mol. The van der Waals surface area contributed by atoms with E-state index in [0.717, 1.165) is 5.75 Å². The number of rotatable bonds is 4. The van der Waals surface area contributed by atoms with E-state index in [1.54, 1.807) is 7.11 Å². The molecule has 0 unspecified atom stereocenters. The molecule has 1 aliphatic carbocycles. The molecule has 0 fully saturated rings. The van der Waals surface area contributed by atoms with Crippen molar-refractivity contribution in [2.75, 3.05) is 7.11 Å². The van der Waals surface area contributed by atoms with Gasteiger partial charge in [-0.2, -0.15) is 0 Å². The zero-order valence-corrected chi connectivity index (χ0v) is 10.3. The number of benzene rings is 1. The lowest BCUT2D eigenvalue weighted by atomic mass is 9.88. The van der Waals surface area contributed by atoms with Crippen molar-refractivity contribution >= 4 is 5.57 Å². The van der Waals surface area contributed by atoms with Gasteiger partial charge in [0, 0.05) is 0 Å². The van der Waals surface area contributed by atoms with Gasteiger partial charge >= 0.3 is 0 Å². The van der Waals surface area contributed by atoms with Crippen LogP contribution in [-0.2, 0) is 6.42 Å². The molecule has 1 heteroatoms. The van der Waals surface area contributed by atoms with Gasteiger partial charge in [0.1, 0.15) is 5.75 Å². The molecule has 0 spiro atoms. The number of allylic oxidation sites excluding steroid dienone is 2. The van der Waals surface area contributed by atoms with Crippen LogP contribution in [0, 0.1) is 0 Å². The summed E-state index contributed by atoms with van der Waals surface area (Å²) >= 11 is 0. The van der Waals surface area contributed by atoms with Crippen molar-refractivity contribution in [3.8, 4) is 5.75 Å². The molecule has 0 saturated carbocycles. The van der Waals surface area contributed by atoms with Crippen LogP contribution in [0.2, 0.25) is 0 Å². The summed E-state index contributed by atoms with van der Waals surface area (Å²) in [6.07, 6.45) is 8.51. The van der Waals surface area contributed by atoms with Gasteiger partial charge in [-0.3, -0.25) is 0 Å². The van der Waals surface area contributed by atoms with Gasteiger partial charge in [0.05, 0.1) is 7.11 Å². The summed E-state index contributed by atoms with van der Waals surface area (Å²) in [5.41, 5.74) is 4.41. The summed E-state index contributed by atoms with van der Waals surface area (Å²) < 4.78 is 5.31. The van der Waals surface area contributed by atoms with Crippen molar-refractivity contribution in [1.29, 1.82) is 0 Å². The third-order valence-corrected chi connectivity index (χ3v) is 3.27. The van der Waals surface area contributed by atoms with Gasteiger partial charge in [-0.15, -0.1) is 0 Å². The van der Waals surface area contributed by atoms with Crippen LogP contribution in [0.15, 0.2) is 24.3 Å². The highest BCUT2D eigenvalue weighted by molar-refractivity contribution is 5.71. The zero-order chi connectivity index (χ0) is 11.4. The number of aryl methyl sites for hydroxylation is 1. The smallest absolute Gasteiger partial charge is 0.119 e. The van der Waals surface area contributed by atoms with Crippen LogP contribution in [0.25, 0.3) is 5.57 Å². The van der Waals surface area contributed by atoms with Crippen molar-refractivity contribution in [3.63, 3.8) is 0 Å². The van der Waals surface area contributed by atoms with E-state index in [1.165, 1.54) is 48.8 Å². The lowest BCUT2D eigenvalue weighted by Crippen LogP contribution is -2.00. The molecule has 0 atom stereocenters. The zero-order valence-electron chi connectivity index (χ0n) is 10.3. The maximum atomic E-state index is 5.31. The van der Waals surface area contributed by atoms with Crippen LogP contribution in [0.5, 0.6) is 5.75 Å². The fourth-order valence-corrected chi connectivity index (χ4v) is 2.32. The van der Waals surface area contributed by atoms with E-state index in [4.69, 9.17) is 4.74 Å². The Kier molecular flexibility index (Phi) is 3.66. The van der Waals surface area contributed by atoms with Crippen LogP contribution < -0.4 is 4.74 Å². The summed E-state index contributed by atoms with van der Waals surface area (Å²) in [4.78, 5) is 0. The van der Waals surface area contributed by atoms with E-state index in [-0.39, 0.29) is 0 Å². The lowest BCUT2D eigenvalue weighted by molar-refractivity contribution is 0.414. The second kappa shape index (κ2) is 5.20. The summed E-state index contributed by atoms with van der Waals surface area (Å²) in [6, 6.07) is 6.48. The Morgan fingerprint density at radius 2 is 2.19 bits per heavy atom. The average molecular weight is 216 g/mol. The summed E-state index contributed by atoms with van der Waals surface area (Å²) in [7, 11) is 1.74. The van der Waals surface area contributed by atoms with Crippen molar-refractivity contribution in [2.45, 2.75) is 39.0 Å². The first-order chi connectivity index (χ1) is 7.85. The molecule has 0 radical (unpaired) electrons. The molecular formula is C15H20O. The Bertz CT molecular complexity index is 390. The molecule has 0 heterocycles. The van der Waals surface area contributed by atoms with E-state index in [2.05, 4.69) is 31.2 Å². The maximum Gasteiger partial charge on any atom is 0.119 e. The molecule has 0 N–H and O–H groups in total. The van der Waals surface area contributed by atoms with E-state index in [9.17, 15) is 0 Å².